The van der Waals surface area contributed by atoms with Crippen LogP contribution in [0.4, 0.5) is 0 Å². The average molecular weight is 300 g/mol. The van der Waals surface area contributed by atoms with Gasteiger partial charge in [-0.05, 0) is 25.0 Å². The first-order valence-corrected chi connectivity index (χ1v) is 7.14. The second-order valence-electron chi connectivity index (χ2n) is 5.28. The fraction of sp³-hybridized carbons (Fsp3) is 0.333. The molecule has 1 N–H and O–H groups in total. The number of carbonyl (C=O) groups excluding carboxylic acids is 1. The molecule has 114 valence electrons. The highest BCUT2D eigenvalue weighted by Gasteiger charge is 2.30. The van der Waals surface area contributed by atoms with E-state index in [0.717, 1.165) is 5.69 Å². The summed E-state index contributed by atoms with van der Waals surface area (Å²) in [6, 6.07) is 9.38. The molecular weight excluding hydrogens is 284 g/mol. The smallest absolute Gasteiger partial charge is 0.308 e. The van der Waals surface area contributed by atoms with Gasteiger partial charge in [0.05, 0.1) is 11.6 Å². The maximum absolute atomic E-state index is 12.4. The van der Waals surface area contributed by atoms with Gasteiger partial charge < -0.3 is 10.0 Å². The number of likely N-dealkylation sites (tertiary alicyclic amines) is 1. The van der Waals surface area contributed by atoms with E-state index in [9.17, 15) is 9.59 Å². The van der Waals surface area contributed by atoms with Crippen LogP contribution in [0.5, 0.6) is 0 Å². The van der Waals surface area contributed by atoms with Crippen LogP contribution in [-0.4, -0.2) is 49.7 Å². The van der Waals surface area contributed by atoms with Crippen molar-refractivity contribution in [3.8, 4) is 5.69 Å². The van der Waals surface area contributed by atoms with Crippen LogP contribution in [0.2, 0.25) is 0 Å². The molecule has 0 bridgehead atoms. The minimum absolute atomic E-state index is 0.0925. The minimum atomic E-state index is -0.861. The summed E-state index contributed by atoms with van der Waals surface area (Å²) in [4.78, 5) is 29.1. The summed E-state index contributed by atoms with van der Waals surface area (Å²) in [5.74, 6) is -1.59. The topological polar surface area (TPSA) is 88.3 Å². The molecule has 0 aliphatic carbocycles. The number of hydrogen-bond acceptors (Lipinski definition) is 4. The van der Waals surface area contributed by atoms with Crippen LogP contribution >= 0.6 is 0 Å². The van der Waals surface area contributed by atoms with Crippen LogP contribution in [0.1, 0.15) is 23.5 Å². The summed E-state index contributed by atoms with van der Waals surface area (Å²) >= 11 is 0. The number of amides is 1. The van der Waals surface area contributed by atoms with Crippen molar-refractivity contribution >= 4 is 11.9 Å². The number of benzene rings is 1. The lowest BCUT2D eigenvalue weighted by Gasteiger charge is -2.29. The molecule has 1 aliphatic rings. The van der Waals surface area contributed by atoms with E-state index in [-0.39, 0.29) is 18.3 Å². The molecule has 22 heavy (non-hydrogen) atoms. The Bertz CT molecular complexity index is 683. The number of aliphatic carboxylic acids is 1. The zero-order chi connectivity index (χ0) is 15.5. The molecule has 1 saturated heterocycles. The van der Waals surface area contributed by atoms with Gasteiger partial charge in [-0.1, -0.05) is 18.2 Å². The van der Waals surface area contributed by atoms with Crippen molar-refractivity contribution in [1.82, 2.24) is 19.7 Å². The van der Waals surface area contributed by atoms with Gasteiger partial charge in [-0.2, -0.15) is 0 Å². The van der Waals surface area contributed by atoms with Crippen LogP contribution in [0.3, 0.4) is 0 Å². The van der Waals surface area contributed by atoms with Gasteiger partial charge in [0.25, 0.3) is 5.91 Å². The summed E-state index contributed by atoms with van der Waals surface area (Å²) in [7, 11) is 0. The molecule has 2 heterocycles. The number of nitrogens with zero attached hydrogens (tertiary/aromatic N) is 4. The van der Waals surface area contributed by atoms with Crippen molar-refractivity contribution in [2.45, 2.75) is 12.8 Å². The number of carboxylic acids is 1. The predicted molar refractivity (Wildman–Crippen MR) is 77.6 cm³/mol. The number of rotatable bonds is 3. The van der Waals surface area contributed by atoms with Gasteiger partial charge in [-0.3, -0.25) is 9.59 Å². The summed E-state index contributed by atoms with van der Waals surface area (Å²) in [6.07, 6.45) is 2.77. The summed E-state index contributed by atoms with van der Waals surface area (Å²) in [5.41, 5.74) is 0.816. The highest BCUT2D eigenvalue weighted by atomic mass is 16.4. The Kier molecular flexibility index (Phi) is 3.86. The lowest BCUT2D eigenvalue weighted by atomic mass is 9.98. The van der Waals surface area contributed by atoms with Crippen molar-refractivity contribution in [3.05, 3.63) is 42.5 Å². The third-order valence-electron chi connectivity index (χ3n) is 3.76. The quantitative estimate of drug-likeness (QED) is 0.920. The Hall–Kier alpha value is -2.70. The Morgan fingerprint density at radius 3 is 2.73 bits per heavy atom. The standard InChI is InChI=1S/C15H16N4O3/c20-14(18-8-4-5-11(9-18)15(21)22)13-16-10-19(17-13)12-6-2-1-3-7-12/h1-3,6-7,10-11H,4-5,8-9H2,(H,21,22)/t11-/m0/s1. The monoisotopic (exact) mass is 300 g/mol. The van der Waals surface area contributed by atoms with E-state index in [0.29, 0.717) is 19.4 Å². The first kappa shape index (κ1) is 14.2. The molecule has 0 saturated carbocycles. The van der Waals surface area contributed by atoms with Crippen molar-refractivity contribution in [3.63, 3.8) is 0 Å². The van der Waals surface area contributed by atoms with Gasteiger partial charge in [0.2, 0.25) is 5.82 Å². The number of carbonyl (C=O) groups is 2. The number of piperidine rings is 1. The lowest BCUT2D eigenvalue weighted by Crippen LogP contribution is -2.42. The van der Waals surface area contributed by atoms with E-state index in [4.69, 9.17) is 5.11 Å². The van der Waals surface area contributed by atoms with E-state index in [1.807, 2.05) is 30.3 Å². The van der Waals surface area contributed by atoms with Gasteiger partial charge >= 0.3 is 5.97 Å². The predicted octanol–water partition coefficient (Wildman–Crippen LogP) is 1.20. The van der Waals surface area contributed by atoms with Crippen LogP contribution in [-0.2, 0) is 4.79 Å². The largest absolute Gasteiger partial charge is 0.481 e. The molecular formula is C15H16N4O3. The van der Waals surface area contributed by atoms with Crippen molar-refractivity contribution in [2.24, 2.45) is 5.92 Å². The maximum Gasteiger partial charge on any atom is 0.308 e. The summed E-state index contributed by atoms with van der Waals surface area (Å²) in [6.45, 7) is 0.760. The molecule has 0 spiro atoms. The number of para-hydroxylation sites is 1. The van der Waals surface area contributed by atoms with Crippen LogP contribution < -0.4 is 0 Å². The lowest BCUT2D eigenvalue weighted by molar-refractivity contribution is -0.143. The molecule has 1 aromatic carbocycles. The summed E-state index contributed by atoms with van der Waals surface area (Å²) in [5, 5.41) is 13.3. The molecule has 2 aromatic rings. The van der Waals surface area contributed by atoms with E-state index >= 15 is 0 Å². The molecule has 1 aromatic heterocycles. The average Bonchev–Trinajstić information content (AvgIpc) is 3.05. The van der Waals surface area contributed by atoms with Gasteiger partial charge in [0, 0.05) is 13.1 Å². The molecule has 1 atom stereocenters. The van der Waals surface area contributed by atoms with Crippen LogP contribution in [0.15, 0.2) is 36.7 Å². The fourth-order valence-electron chi connectivity index (χ4n) is 2.57. The first-order chi connectivity index (χ1) is 10.6. The molecule has 7 nitrogen and oxygen atoms in total. The van der Waals surface area contributed by atoms with Gasteiger partial charge in [-0.25, -0.2) is 9.67 Å². The van der Waals surface area contributed by atoms with Crippen LogP contribution in [0.25, 0.3) is 5.69 Å². The van der Waals surface area contributed by atoms with Gasteiger partial charge in [-0.15, -0.1) is 5.10 Å². The van der Waals surface area contributed by atoms with Gasteiger partial charge in [0.1, 0.15) is 6.33 Å². The molecule has 0 radical (unpaired) electrons. The zero-order valence-electron chi connectivity index (χ0n) is 11.9. The van der Waals surface area contributed by atoms with Crippen molar-refractivity contribution < 1.29 is 14.7 Å². The van der Waals surface area contributed by atoms with E-state index in [1.165, 1.54) is 15.9 Å². The van der Waals surface area contributed by atoms with Crippen LogP contribution in [0, 0.1) is 5.92 Å². The Morgan fingerprint density at radius 1 is 1.23 bits per heavy atom. The molecule has 1 amide bonds. The van der Waals surface area contributed by atoms with E-state index < -0.39 is 11.9 Å². The normalized spacial score (nSPS) is 18.2. The summed E-state index contributed by atoms with van der Waals surface area (Å²) < 4.78 is 1.53. The van der Waals surface area contributed by atoms with E-state index in [1.54, 1.807) is 0 Å². The van der Waals surface area contributed by atoms with E-state index in [2.05, 4.69) is 10.1 Å². The molecule has 1 aliphatic heterocycles. The molecule has 0 unspecified atom stereocenters. The molecule has 7 heteroatoms. The third-order valence-corrected chi connectivity index (χ3v) is 3.76. The molecule has 1 fully saturated rings. The number of aromatic nitrogens is 3. The minimum Gasteiger partial charge on any atom is -0.481 e. The fourth-order valence-corrected chi connectivity index (χ4v) is 2.57. The zero-order valence-corrected chi connectivity index (χ0v) is 11.9. The Balaban J connectivity index is 1.76. The Labute approximate surface area is 127 Å². The highest BCUT2D eigenvalue weighted by Crippen LogP contribution is 2.18. The van der Waals surface area contributed by atoms with Gasteiger partial charge in [0.15, 0.2) is 0 Å². The molecule has 3 rings (SSSR count). The SMILES string of the molecule is O=C(O)[C@H]1CCCN(C(=O)c2ncn(-c3ccccc3)n2)C1. The number of hydrogen-bond donors (Lipinski definition) is 1. The van der Waals surface area contributed by atoms with Crippen molar-refractivity contribution in [2.75, 3.05) is 13.1 Å². The van der Waals surface area contributed by atoms with Crippen molar-refractivity contribution in [1.29, 1.82) is 0 Å². The second-order valence-corrected chi connectivity index (χ2v) is 5.28. The first-order valence-electron chi connectivity index (χ1n) is 7.14. The third kappa shape index (κ3) is 2.83. The number of carboxylic acid groups (broad SMARTS) is 1. The second kappa shape index (κ2) is 5.97. The maximum atomic E-state index is 12.4. The highest BCUT2D eigenvalue weighted by molar-refractivity contribution is 5.90. The Morgan fingerprint density at radius 2 is 2.00 bits per heavy atom.